The molecule has 214 valence electrons. The number of hydrogen-bond donors (Lipinski definition) is 0. The van der Waals surface area contributed by atoms with Crippen molar-refractivity contribution in [1.29, 1.82) is 0 Å². The molecule has 3 aromatic rings. The lowest BCUT2D eigenvalue weighted by molar-refractivity contribution is -0.139. The second-order valence-electron chi connectivity index (χ2n) is 12.2. The van der Waals surface area contributed by atoms with Crippen LogP contribution in [0.5, 0.6) is 5.75 Å². The standard InChI is InChI=1S/C35H41N3O3/c1-26-8-6-7-11-31(26)33(39)38-24-29(32(25-38)28-9-4-3-5-10-28)23-36-19-16-35(17-20-36)18-21-37(34(35)40)22-27-12-14-30(41-2)15-13-27/h3-15,29,32H,16-25H2,1-2H3/t29-,32+/m0/s1. The first kappa shape index (κ1) is 27.5. The molecule has 6 heteroatoms. The fraction of sp³-hybridized carbons (Fsp3) is 0.429. The molecule has 3 fully saturated rings. The lowest BCUT2D eigenvalue weighted by Crippen LogP contribution is -2.46. The van der Waals surface area contributed by atoms with Crippen LogP contribution in [-0.2, 0) is 11.3 Å². The molecule has 0 aliphatic carbocycles. The maximum atomic E-state index is 13.6. The van der Waals surface area contributed by atoms with Gasteiger partial charge in [0.05, 0.1) is 12.5 Å². The lowest BCUT2D eigenvalue weighted by atomic mass is 9.76. The van der Waals surface area contributed by atoms with Gasteiger partial charge in [0, 0.05) is 44.2 Å². The van der Waals surface area contributed by atoms with E-state index < -0.39 is 0 Å². The Hall–Kier alpha value is -3.64. The topological polar surface area (TPSA) is 53.1 Å². The average Bonchev–Trinajstić information content (AvgIpc) is 3.56. The molecule has 41 heavy (non-hydrogen) atoms. The van der Waals surface area contributed by atoms with Gasteiger partial charge in [0.15, 0.2) is 0 Å². The van der Waals surface area contributed by atoms with Crippen molar-refractivity contribution in [2.75, 3.05) is 46.4 Å². The van der Waals surface area contributed by atoms with E-state index >= 15 is 0 Å². The monoisotopic (exact) mass is 551 g/mol. The van der Waals surface area contributed by atoms with Crippen molar-refractivity contribution in [1.82, 2.24) is 14.7 Å². The van der Waals surface area contributed by atoms with Gasteiger partial charge in [-0.05, 0) is 80.1 Å². The lowest BCUT2D eigenvalue weighted by Gasteiger charge is -2.39. The summed E-state index contributed by atoms with van der Waals surface area (Å²) in [4.78, 5) is 33.8. The van der Waals surface area contributed by atoms with E-state index in [0.29, 0.717) is 24.3 Å². The number of piperidine rings is 1. The summed E-state index contributed by atoms with van der Waals surface area (Å²) >= 11 is 0. The van der Waals surface area contributed by atoms with Gasteiger partial charge in [0.1, 0.15) is 5.75 Å². The zero-order chi connectivity index (χ0) is 28.4. The Labute approximate surface area is 243 Å². The predicted octanol–water partition coefficient (Wildman–Crippen LogP) is 5.37. The van der Waals surface area contributed by atoms with Crippen LogP contribution in [0.3, 0.4) is 0 Å². The predicted molar refractivity (Wildman–Crippen MR) is 161 cm³/mol. The number of methoxy groups -OCH3 is 1. The quantitative estimate of drug-likeness (QED) is 0.396. The van der Waals surface area contributed by atoms with Gasteiger partial charge in [-0.2, -0.15) is 0 Å². The van der Waals surface area contributed by atoms with Gasteiger partial charge in [-0.3, -0.25) is 9.59 Å². The smallest absolute Gasteiger partial charge is 0.254 e. The Bertz CT molecular complexity index is 1360. The van der Waals surface area contributed by atoms with Crippen LogP contribution >= 0.6 is 0 Å². The van der Waals surface area contributed by atoms with Crippen molar-refractivity contribution >= 4 is 11.8 Å². The van der Waals surface area contributed by atoms with Crippen LogP contribution in [0.2, 0.25) is 0 Å². The van der Waals surface area contributed by atoms with Gasteiger partial charge in [-0.25, -0.2) is 0 Å². The van der Waals surface area contributed by atoms with Crippen LogP contribution in [0, 0.1) is 18.3 Å². The largest absolute Gasteiger partial charge is 0.497 e. The van der Waals surface area contributed by atoms with E-state index in [4.69, 9.17) is 4.74 Å². The summed E-state index contributed by atoms with van der Waals surface area (Å²) in [5, 5.41) is 0. The highest BCUT2D eigenvalue weighted by molar-refractivity contribution is 5.95. The van der Waals surface area contributed by atoms with E-state index in [-0.39, 0.29) is 11.3 Å². The molecule has 3 aliphatic rings. The number of carbonyl (C=O) groups excluding carboxylic acids is 2. The van der Waals surface area contributed by atoms with E-state index in [1.54, 1.807) is 7.11 Å². The van der Waals surface area contributed by atoms with E-state index in [1.165, 1.54) is 5.56 Å². The molecule has 6 nitrogen and oxygen atoms in total. The molecule has 3 heterocycles. The maximum absolute atomic E-state index is 13.6. The highest BCUT2D eigenvalue weighted by Gasteiger charge is 2.48. The zero-order valence-corrected chi connectivity index (χ0v) is 24.3. The summed E-state index contributed by atoms with van der Waals surface area (Å²) in [6, 6.07) is 26.6. The molecule has 0 bridgehead atoms. The first-order valence-electron chi connectivity index (χ1n) is 15.0. The molecule has 3 saturated heterocycles. The summed E-state index contributed by atoms with van der Waals surface area (Å²) in [5.74, 6) is 1.98. The van der Waals surface area contributed by atoms with Gasteiger partial charge in [0.2, 0.25) is 5.91 Å². The zero-order valence-electron chi connectivity index (χ0n) is 24.3. The molecule has 0 N–H and O–H groups in total. The Morgan fingerprint density at radius 3 is 2.27 bits per heavy atom. The van der Waals surface area contributed by atoms with Crippen molar-refractivity contribution in [2.24, 2.45) is 11.3 Å². The number of benzene rings is 3. The summed E-state index contributed by atoms with van der Waals surface area (Å²) in [7, 11) is 1.67. The normalized spacial score (nSPS) is 22.4. The van der Waals surface area contributed by atoms with E-state index in [9.17, 15) is 9.59 Å². The average molecular weight is 552 g/mol. The molecular formula is C35H41N3O3. The van der Waals surface area contributed by atoms with E-state index in [1.807, 2.05) is 43.3 Å². The first-order valence-corrected chi connectivity index (χ1v) is 15.0. The van der Waals surface area contributed by atoms with Crippen molar-refractivity contribution in [3.8, 4) is 5.75 Å². The van der Waals surface area contributed by atoms with Crippen LogP contribution in [0.4, 0.5) is 0 Å². The van der Waals surface area contributed by atoms with Gasteiger partial charge in [-0.1, -0.05) is 60.7 Å². The summed E-state index contributed by atoms with van der Waals surface area (Å²) in [6.45, 7) is 7.86. The number of rotatable bonds is 7. The van der Waals surface area contributed by atoms with Crippen LogP contribution in [-0.4, -0.2) is 72.9 Å². The molecule has 0 saturated carbocycles. The summed E-state index contributed by atoms with van der Waals surface area (Å²) in [6.07, 6.45) is 2.78. The number of nitrogens with zero attached hydrogens (tertiary/aromatic N) is 3. The SMILES string of the molecule is COc1ccc(CN2CCC3(CCN(C[C@H]4CN(C(=O)c5ccccc5C)C[C@@H]4c4ccccc4)CC3)C2=O)cc1. The van der Waals surface area contributed by atoms with Crippen LogP contribution in [0.1, 0.15) is 52.2 Å². The number of hydrogen-bond acceptors (Lipinski definition) is 4. The number of carbonyl (C=O) groups is 2. The van der Waals surface area contributed by atoms with E-state index in [2.05, 4.69) is 57.2 Å². The van der Waals surface area contributed by atoms with Crippen molar-refractivity contribution < 1.29 is 14.3 Å². The molecule has 2 atom stereocenters. The fourth-order valence-corrected chi connectivity index (χ4v) is 7.24. The van der Waals surface area contributed by atoms with Crippen LogP contribution < -0.4 is 4.74 Å². The maximum Gasteiger partial charge on any atom is 0.254 e. The number of likely N-dealkylation sites (tertiary alicyclic amines) is 3. The van der Waals surface area contributed by atoms with Crippen molar-refractivity contribution in [3.05, 3.63) is 101 Å². The third-order valence-electron chi connectivity index (χ3n) is 9.77. The molecule has 1 spiro atoms. The van der Waals surface area contributed by atoms with Gasteiger partial charge < -0.3 is 19.4 Å². The van der Waals surface area contributed by atoms with Crippen LogP contribution in [0.25, 0.3) is 0 Å². The van der Waals surface area contributed by atoms with Gasteiger partial charge >= 0.3 is 0 Å². The Balaban J connectivity index is 1.10. The van der Waals surface area contributed by atoms with Crippen molar-refractivity contribution in [3.63, 3.8) is 0 Å². The highest BCUT2D eigenvalue weighted by Crippen LogP contribution is 2.43. The third kappa shape index (κ3) is 5.62. The number of amides is 2. The molecular weight excluding hydrogens is 510 g/mol. The minimum atomic E-state index is -0.218. The minimum Gasteiger partial charge on any atom is -0.497 e. The van der Waals surface area contributed by atoms with Gasteiger partial charge in [0.25, 0.3) is 5.91 Å². The Morgan fingerprint density at radius 1 is 0.878 bits per heavy atom. The molecule has 0 radical (unpaired) electrons. The second-order valence-corrected chi connectivity index (χ2v) is 12.2. The Morgan fingerprint density at radius 2 is 1.56 bits per heavy atom. The fourth-order valence-electron chi connectivity index (χ4n) is 7.24. The summed E-state index contributed by atoms with van der Waals surface area (Å²) in [5.41, 5.74) is 4.07. The number of ether oxygens (including phenoxy) is 1. The Kier molecular flexibility index (Phi) is 7.85. The molecule has 6 rings (SSSR count). The molecule has 0 aromatic heterocycles. The van der Waals surface area contributed by atoms with Crippen LogP contribution in [0.15, 0.2) is 78.9 Å². The summed E-state index contributed by atoms with van der Waals surface area (Å²) < 4.78 is 5.28. The molecule has 3 aliphatic heterocycles. The molecule has 2 amide bonds. The first-order chi connectivity index (χ1) is 20.0. The minimum absolute atomic E-state index is 0.137. The third-order valence-corrected chi connectivity index (χ3v) is 9.77. The number of aryl methyl sites for hydroxylation is 1. The van der Waals surface area contributed by atoms with E-state index in [0.717, 1.165) is 81.0 Å². The second kappa shape index (κ2) is 11.7. The van der Waals surface area contributed by atoms with Crippen molar-refractivity contribution in [2.45, 2.75) is 38.6 Å². The van der Waals surface area contributed by atoms with Gasteiger partial charge in [-0.15, -0.1) is 0 Å². The molecule has 3 aromatic carbocycles. The highest BCUT2D eigenvalue weighted by atomic mass is 16.5. The molecule has 0 unspecified atom stereocenters.